The van der Waals surface area contributed by atoms with Crippen LogP contribution in [-0.4, -0.2) is 70.6 Å². The van der Waals surface area contributed by atoms with E-state index in [0.717, 1.165) is 30.6 Å². The molecule has 0 radical (unpaired) electrons. The monoisotopic (exact) mass is 352 g/mol. The molecule has 8 heteroatoms. The van der Waals surface area contributed by atoms with Crippen LogP contribution >= 0.6 is 0 Å². The third-order valence-corrected chi connectivity index (χ3v) is 7.41. The molecule has 1 aromatic rings. The van der Waals surface area contributed by atoms with E-state index in [9.17, 15) is 13.2 Å². The summed E-state index contributed by atoms with van der Waals surface area (Å²) < 4.78 is 26.3. The molecule has 0 aromatic carbocycles. The molecule has 1 saturated carbocycles. The highest BCUT2D eigenvalue weighted by Gasteiger charge is 2.49. The molecule has 2 saturated heterocycles. The molecule has 2 aliphatic heterocycles. The van der Waals surface area contributed by atoms with Crippen LogP contribution in [0.5, 0.6) is 0 Å². The Morgan fingerprint density at radius 3 is 2.58 bits per heavy atom. The number of rotatable bonds is 3. The van der Waals surface area contributed by atoms with Crippen LogP contribution in [-0.2, 0) is 28.2 Å². The minimum Gasteiger partial charge on any atom is -0.336 e. The molecule has 2 atom stereocenters. The van der Waals surface area contributed by atoms with Gasteiger partial charge in [0, 0.05) is 49.9 Å². The summed E-state index contributed by atoms with van der Waals surface area (Å²) in [6.45, 7) is 4.08. The van der Waals surface area contributed by atoms with Crippen LogP contribution in [0, 0.1) is 12.8 Å². The standard InChI is InChI=1S/C16H24N4O3S/c1-11-13(7-17-18(11)2)8-19-5-6-20(16(21)12-3-4-12)15-10-24(22,23)9-14(15)19/h7,12,14-15H,3-6,8-10H2,1-2H3/t14-,15+/m0/s1. The van der Waals surface area contributed by atoms with E-state index < -0.39 is 9.84 Å². The van der Waals surface area contributed by atoms with Crippen molar-refractivity contribution in [2.75, 3.05) is 24.6 Å². The van der Waals surface area contributed by atoms with Crippen LogP contribution in [0.15, 0.2) is 6.20 Å². The molecule has 24 heavy (non-hydrogen) atoms. The fraction of sp³-hybridized carbons (Fsp3) is 0.750. The first-order valence-corrected chi connectivity index (χ1v) is 10.4. The first kappa shape index (κ1) is 16.1. The van der Waals surface area contributed by atoms with Gasteiger partial charge in [-0.2, -0.15) is 5.10 Å². The Labute approximate surface area is 142 Å². The van der Waals surface area contributed by atoms with Crippen molar-refractivity contribution in [2.24, 2.45) is 13.0 Å². The van der Waals surface area contributed by atoms with Crippen molar-refractivity contribution in [1.82, 2.24) is 19.6 Å². The number of carbonyl (C=O) groups excluding carboxylic acids is 1. The number of fused-ring (bicyclic) bond motifs is 1. The van der Waals surface area contributed by atoms with Crippen molar-refractivity contribution >= 4 is 15.7 Å². The van der Waals surface area contributed by atoms with Gasteiger partial charge in [0.15, 0.2) is 9.84 Å². The summed E-state index contributed by atoms with van der Waals surface area (Å²) in [6.07, 6.45) is 3.77. The highest BCUT2D eigenvalue weighted by molar-refractivity contribution is 7.91. The number of hydrogen-bond donors (Lipinski definition) is 0. The maximum absolute atomic E-state index is 12.5. The van der Waals surface area contributed by atoms with Crippen molar-refractivity contribution in [3.63, 3.8) is 0 Å². The molecule has 4 rings (SSSR count). The maximum atomic E-state index is 12.5. The lowest BCUT2D eigenvalue weighted by atomic mass is 10.0. The van der Waals surface area contributed by atoms with E-state index in [4.69, 9.17) is 0 Å². The lowest BCUT2D eigenvalue weighted by molar-refractivity contribution is -0.138. The summed E-state index contributed by atoms with van der Waals surface area (Å²) in [7, 11) is -1.18. The number of piperazine rings is 1. The quantitative estimate of drug-likeness (QED) is 0.762. The maximum Gasteiger partial charge on any atom is 0.226 e. The summed E-state index contributed by atoms with van der Waals surface area (Å²) >= 11 is 0. The summed E-state index contributed by atoms with van der Waals surface area (Å²) in [5, 5.41) is 4.28. The summed E-state index contributed by atoms with van der Waals surface area (Å²) in [5.74, 6) is 0.574. The van der Waals surface area contributed by atoms with Crippen LogP contribution in [0.3, 0.4) is 0 Å². The molecule has 3 aliphatic rings. The van der Waals surface area contributed by atoms with Gasteiger partial charge in [0.05, 0.1) is 23.7 Å². The van der Waals surface area contributed by atoms with E-state index in [1.807, 2.05) is 29.7 Å². The Hall–Kier alpha value is -1.41. The predicted molar refractivity (Wildman–Crippen MR) is 89.0 cm³/mol. The summed E-state index contributed by atoms with van der Waals surface area (Å²) in [5.41, 5.74) is 2.23. The highest BCUT2D eigenvalue weighted by atomic mass is 32.2. The molecule has 3 fully saturated rings. The minimum absolute atomic E-state index is 0.0916. The largest absolute Gasteiger partial charge is 0.336 e. The third kappa shape index (κ3) is 2.75. The van der Waals surface area contributed by atoms with Crippen LogP contribution in [0.25, 0.3) is 0 Å². The Morgan fingerprint density at radius 2 is 1.96 bits per heavy atom. The molecule has 0 spiro atoms. The zero-order chi connectivity index (χ0) is 17.1. The molecule has 1 aromatic heterocycles. The van der Waals surface area contributed by atoms with Gasteiger partial charge in [0.1, 0.15) is 0 Å². The van der Waals surface area contributed by atoms with E-state index in [0.29, 0.717) is 13.1 Å². The average molecular weight is 352 g/mol. The van der Waals surface area contributed by atoms with Crippen molar-refractivity contribution in [3.05, 3.63) is 17.5 Å². The Kier molecular flexibility index (Phi) is 3.72. The molecule has 0 unspecified atom stereocenters. The predicted octanol–water partition coefficient (Wildman–Crippen LogP) is -0.0517. The van der Waals surface area contributed by atoms with Gasteiger partial charge in [-0.3, -0.25) is 14.4 Å². The van der Waals surface area contributed by atoms with Gasteiger partial charge < -0.3 is 4.90 Å². The second-order valence-electron chi connectivity index (χ2n) is 7.37. The van der Waals surface area contributed by atoms with E-state index in [1.165, 1.54) is 0 Å². The van der Waals surface area contributed by atoms with Gasteiger partial charge in [-0.25, -0.2) is 8.42 Å². The van der Waals surface area contributed by atoms with Crippen molar-refractivity contribution in [3.8, 4) is 0 Å². The van der Waals surface area contributed by atoms with Gasteiger partial charge in [-0.1, -0.05) is 0 Å². The molecule has 3 heterocycles. The Morgan fingerprint density at radius 1 is 1.25 bits per heavy atom. The van der Waals surface area contributed by atoms with Gasteiger partial charge in [-0.15, -0.1) is 0 Å². The van der Waals surface area contributed by atoms with Crippen LogP contribution in [0.4, 0.5) is 0 Å². The molecule has 0 bridgehead atoms. The van der Waals surface area contributed by atoms with Gasteiger partial charge in [0.2, 0.25) is 5.91 Å². The second-order valence-corrected chi connectivity index (χ2v) is 9.52. The zero-order valence-corrected chi connectivity index (χ0v) is 15.0. The van der Waals surface area contributed by atoms with Gasteiger partial charge >= 0.3 is 0 Å². The zero-order valence-electron chi connectivity index (χ0n) is 14.2. The molecule has 1 aliphatic carbocycles. The number of aryl methyl sites for hydroxylation is 1. The number of carbonyl (C=O) groups is 1. The average Bonchev–Trinajstić information content (AvgIpc) is 3.26. The van der Waals surface area contributed by atoms with Crippen molar-refractivity contribution in [2.45, 2.75) is 38.4 Å². The number of aromatic nitrogens is 2. The lowest BCUT2D eigenvalue weighted by Gasteiger charge is -2.44. The number of hydrogen-bond acceptors (Lipinski definition) is 5. The number of sulfone groups is 1. The van der Waals surface area contributed by atoms with Gasteiger partial charge in [-0.05, 0) is 19.8 Å². The van der Waals surface area contributed by atoms with E-state index >= 15 is 0 Å². The SMILES string of the molecule is Cc1c(CN2CCN(C(=O)C3CC3)[C@@H]3CS(=O)(=O)C[C@@H]32)cnn1C. The normalized spacial score (nSPS) is 29.7. The number of nitrogens with zero attached hydrogens (tertiary/aromatic N) is 4. The van der Waals surface area contributed by atoms with E-state index in [1.54, 1.807) is 0 Å². The van der Waals surface area contributed by atoms with Crippen LogP contribution < -0.4 is 0 Å². The van der Waals surface area contributed by atoms with Gasteiger partial charge in [0.25, 0.3) is 0 Å². The molecule has 7 nitrogen and oxygen atoms in total. The summed E-state index contributed by atoms with van der Waals surface area (Å²) in [4.78, 5) is 16.6. The first-order chi connectivity index (χ1) is 11.4. The Balaban J connectivity index is 1.57. The fourth-order valence-corrected chi connectivity index (χ4v) is 5.99. The lowest BCUT2D eigenvalue weighted by Crippen LogP contribution is -2.60. The molecule has 132 valence electrons. The topological polar surface area (TPSA) is 75.5 Å². The van der Waals surface area contributed by atoms with Crippen LogP contribution in [0.2, 0.25) is 0 Å². The first-order valence-electron chi connectivity index (χ1n) is 8.58. The van der Waals surface area contributed by atoms with Crippen LogP contribution in [0.1, 0.15) is 24.1 Å². The molecule has 0 N–H and O–H groups in total. The molecular formula is C16H24N4O3S. The highest BCUT2D eigenvalue weighted by Crippen LogP contribution is 2.35. The van der Waals surface area contributed by atoms with Crippen molar-refractivity contribution < 1.29 is 13.2 Å². The van der Waals surface area contributed by atoms with Crippen molar-refractivity contribution in [1.29, 1.82) is 0 Å². The summed E-state index contributed by atoms with van der Waals surface area (Å²) in [6, 6.07) is -0.278. The fourth-order valence-electron chi connectivity index (χ4n) is 3.98. The molecular weight excluding hydrogens is 328 g/mol. The minimum atomic E-state index is -3.09. The third-order valence-electron chi connectivity index (χ3n) is 5.71. The molecule has 1 amide bonds. The number of amides is 1. The smallest absolute Gasteiger partial charge is 0.226 e. The second kappa shape index (κ2) is 5.56. The van der Waals surface area contributed by atoms with E-state index in [2.05, 4.69) is 10.00 Å². The Bertz CT molecular complexity index is 768. The van der Waals surface area contributed by atoms with E-state index in [-0.39, 0.29) is 35.4 Å².